The molecule has 23 heavy (non-hydrogen) atoms. The molecule has 7 heteroatoms. The van der Waals surface area contributed by atoms with Crippen molar-refractivity contribution in [2.45, 2.75) is 0 Å². The molecule has 4 aromatic heterocycles. The summed E-state index contributed by atoms with van der Waals surface area (Å²) in [5.74, 6) is 0. The van der Waals surface area contributed by atoms with Crippen molar-refractivity contribution in [3.05, 3.63) is 54.5 Å². The zero-order valence-electron chi connectivity index (χ0n) is 12.2. The number of hydrogen-bond acceptors (Lipinski definition) is 5. The van der Waals surface area contributed by atoms with Gasteiger partial charge in [-0.2, -0.15) is 5.10 Å². The van der Waals surface area contributed by atoms with E-state index in [1.807, 2.05) is 31.6 Å². The maximum Gasteiger partial charge on any atom is 0.129 e. The highest BCUT2D eigenvalue weighted by Gasteiger charge is 2.14. The van der Waals surface area contributed by atoms with Crippen LogP contribution >= 0.6 is 11.6 Å². The van der Waals surface area contributed by atoms with Crippen LogP contribution in [-0.2, 0) is 7.05 Å². The van der Waals surface area contributed by atoms with Crippen molar-refractivity contribution in [1.29, 1.82) is 0 Å². The van der Waals surface area contributed by atoms with Crippen LogP contribution in [0.5, 0.6) is 0 Å². The maximum atomic E-state index is 5.98. The predicted octanol–water partition coefficient (Wildman–Crippen LogP) is 3.14. The van der Waals surface area contributed by atoms with Gasteiger partial charge in [0.2, 0.25) is 0 Å². The molecule has 0 radical (unpaired) electrons. The van der Waals surface area contributed by atoms with Gasteiger partial charge in [-0.1, -0.05) is 11.6 Å². The summed E-state index contributed by atoms with van der Waals surface area (Å²) in [5.41, 5.74) is 5.05. The lowest BCUT2D eigenvalue weighted by Gasteiger charge is -2.04. The minimum atomic E-state index is 0.444. The van der Waals surface area contributed by atoms with Gasteiger partial charge in [0.25, 0.3) is 0 Å². The molecule has 6 nitrogen and oxygen atoms in total. The molecule has 4 rings (SSSR count). The van der Waals surface area contributed by atoms with E-state index in [0.29, 0.717) is 5.15 Å². The van der Waals surface area contributed by atoms with E-state index >= 15 is 0 Å². The van der Waals surface area contributed by atoms with Crippen LogP contribution in [0, 0.1) is 0 Å². The number of halogens is 1. The monoisotopic (exact) mass is 322 g/mol. The van der Waals surface area contributed by atoms with E-state index in [2.05, 4.69) is 25.0 Å². The Morgan fingerprint density at radius 1 is 1.00 bits per heavy atom. The first-order valence-corrected chi connectivity index (χ1v) is 7.30. The largest absolute Gasteiger partial charge is 0.275 e. The number of aryl methyl sites for hydroxylation is 1. The minimum Gasteiger partial charge on any atom is -0.275 e. The highest BCUT2D eigenvalue weighted by Crippen LogP contribution is 2.31. The summed E-state index contributed by atoms with van der Waals surface area (Å²) in [6.07, 6.45) is 8.72. The van der Waals surface area contributed by atoms with Gasteiger partial charge in [-0.05, 0) is 18.2 Å². The summed E-state index contributed by atoms with van der Waals surface area (Å²) in [6.45, 7) is 0. The fourth-order valence-corrected chi connectivity index (χ4v) is 2.62. The van der Waals surface area contributed by atoms with Crippen molar-refractivity contribution < 1.29 is 0 Å². The molecule has 0 unspecified atom stereocenters. The first-order chi connectivity index (χ1) is 11.2. The third-order valence-corrected chi connectivity index (χ3v) is 3.69. The van der Waals surface area contributed by atoms with E-state index in [0.717, 1.165) is 33.4 Å². The van der Waals surface area contributed by atoms with E-state index in [9.17, 15) is 0 Å². The molecule has 0 atom stereocenters. The van der Waals surface area contributed by atoms with Crippen molar-refractivity contribution in [3.63, 3.8) is 0 Å². The molecular formula is C16H11ClN6. The van der Waals surface area contributed by atoms with Gasteiger partial charge in [-0.15, -0.1) is 0 Å². The Hall–Kier alpha value is -2.86. The quantitative estimate of drug-likeness (QED) is 0.530. The first kappa shape index (κ1) is 13.8. The van der Waals surface area contributed by atoms with E-state index in [1.165, 1.54) is 6.33 Å². The molecule has 0 fully saturated rings. The number of aromatic nitrogens is 6. The van der Waals surface area contributed by atoms with E-state index < -0.39 is 0 Å². The number of fused-ring (bicyclic) bond motifs is 1. The molecule has 0 bridgehead atoms. The SMILES string of the molecule is Cn1cc(-c2cnc3ccc(Cl)nc3c2)c(-c2cncnc2)n1. The summed E-state index contributed by atoms with van der Waals surface area (Å²) in [7, 11) is 1.88. The molecule has 0 amide bonds. The van der Waals surface area contributed by atoms with E-state index in [4.69, 9.17) is 11.6 Å². The Balaban J connectivity index is 1.91. The van der Waals surface area contributed by atoms with Gasteiger partial charge in [0.15, 0.2) is 0 Å². The van der Waals surface area contributed by atoms with Crippen LogP contribution in [0.1, 0.15) is 0 Å². The standard InChI is InChI=1S/C16H11ClN6/c1-23-8-12(16(22-23)11-5-18-9-19-6-11)10-4-14-13(20-7-10)2-3-15(17)21-14/h2-9H,1H3. The summed E-state index contributed by atoms with van der Waals surface area (Å²) >= 11 is 5.98. The number of nitrogens with zero attached hydrogens (tertiary/aromatic N) is 6. The van der Waals surface area contributed by atoms with Crippen molar-refractivity contribution in [2.75, 3.05) is 0 Å². The number of hydrogen-bond donors (Lipinski definition) is 0. The zero-order valence-corrected chi connectivity index (χ0v) is 12.9. The average Bonchev–Trinajstić information content (AvgIpc) is 2.97. The summed E-state index contributed by atoms with van der Waals surface area (Å²) in [4.78, 5) is 16.9. The Bertz CT molecular complexity index is 996. The van der Waals surface area contributed by atoms with Crippen molar-refractivity contribution in [3.8, 4) is 22.4 Å². The van der Waals surface area contributed by atoms with Gasteiger partial charge in [0.1, 0.15) is 17.2 Å². The molecule has 0 spiro atoms. The Morgan fingerprint density at radius 3 is 2.65 bits per heavy atom. The molecular weight excluding hydrogens is 312 g/mol. The second kappa shape index (κ2) is 5.40. The van der Waals surface area contributed by atoms with Gasteiger partial charge in [-0.25, -0.2) is 15.0 Å². The fraction of sp³-hybridized carbons (Fsp3) is 0.0625. The van der Waals surface area contributed by atoms with Gasteiger partial charge in [0, 0.05) is 48.5 Å². The van der Waals surface area contributed by atoms with Crippen LogP contribution < -0.4 is 0 Å². The number of pyridine rings is 2. The molecule has 0 N–H and O–H groups in total. The Labute approximate surface area is 136 Å². The highest BCUT2D eigenvalue weighted by molar-refractivity contribution is 6.29. The second-order valence-electron chi connectivity index (χ2n) is 5.09. The lowest BCUT2D eigenvalue weighted by molar-refractivity contribution is 0.770. The zero-order chi connectivity index (χ0) is 15.8. The topological polar surface area (TPSA) is 69.4 Å². The first-order valence-electron chi connectivity index (χ1n) is 6.92. The molecule has 4 aromatic rings. The normalized spacial score (nSPS) is 11.0. The summed E-state index contributed by atoms with van der Waals surface area (Å²) < 4.78 is 1.76. The second-order valence-corrected chi connectivity index (χ2v) is 5.48. The molecule has 0 aliphatic heterocycles. The predicted molar refractivity (Wildman–Crippen MR) is 87.8 cm³/mol. The summed E-state index contributed by atoms with van der Waals surface area (Å²) in [6, 6.07) is 5.54. The number of rotatable bonds is 2. The molecule has 4 heterocycles. The molecule has 112 valence electrons. The van der Waals surface area contributed by atoms with Gasteiger partial charge < -0.3 is 0 Å². The van der Waals surface area contributed by atoms with Crippen molar-refractivity contribution >= 4 is 22.6 Å². The van der Waals surface area contributed by atoms with E-state index in [-0.39, 0.29) is 0 Å². The lowest BCUT2D eigenvalue weighted by Crippen LogP contribution is -1.89. The smallest absolute Gasteiger partial charge is 0.129 e. The van der Waals surface area contributed by atoms with Crippen molar-refractivity contribution in [2.24, 2.45) is 7.05 Å². The third kappa shape index (κ3) is 2.53. The Kier molecular flexibility index (Phi) is 3.24. The van der Waals surface area contributed by atoms with Gasteiger partial charge in [-0.3, -0.25) is 9.67 Å². The minimum absolute atomic E-state index is 0.444. The molecule has 0 saturated carbocycles. The summed E-state index contributed by atoms with van der Waals surface area (Å²) in [5, 5.41) is 4.96. The maximum absolute atomic E-state index is 5.98. The van der Waals surface area contributed by atoms with Crippen LogP contribution in [-0.4, -0.2) is 29.7 Å². The van der Waals surface area contributed by atoms with Crippen LogP contribution in [0.3, 0.4) is 0 Å². The fourth-order valence-electron chi connectivity index (χ4n) is 2.46. The van der Waals surface area contributed by atoms with Crippen LogP contribution in [0.2, 0.25) is 5.15 Å². The molecule has 0 aliphatic rings. The van der Waals surface area contributed by atoms with E-state index in [1.54, 1.807) is 23.1 Å². The van der Waals surface area contributed by atoms with Gasteiger partial charge >= 0.3 is 0 Å². The van der Waals surface area contributed by atoms with Crippen LogP contribution in [0.25, 0.3) is 33.4 Å². The van der Waals surface area contributed by atoms with Crippen LogP contribution in [0.4, 0.5) is 0 Å². The van der Waals surface area contributed by atoms with Gasteiger partial charge in [0.05, 0.1) is 11.0 Å². The third-order valence-electron chi connectivity index (χ3n) is 3.48. The Morgan fingerprint density at radius 2 is 1.83 bits per heavy atom. The molecule has 0 aromatic carbocycles. The average molecular weight is 323 g/mol. The molecule has 0 aliphatic carbocycles. The lowest BCUT2D eigenvalue weighted by atomic mass is 10.0. The highest BCUT2D eigenvalue weighted by atomic mass is 35.5. The molecule has 0 saturated heterocycles. The van der Waals surface area contributed by atoms with Crippen molar-refractivity contribution in [1.82, 2.24) is 29.7 Å². The van der Waals surface area contributed by atoms with Crippen LogP contribution in [0.15, 0.2) is 49.3 Å².